The molecule has 1 aromatic carbocycles. The lowest BCUT2D eigenvalue weighted by Gasteiger charge is -2.38. The van der Waals surface area contributed by atoms with Crippen LogP contribution in [0.5, 0.6) is 5.75 Å². The Morgan fingerprint density at radius 2 is 2.15 bits per heavy atom. The monoisotopic (exact) mass is 469 g/mol. The smallest absolute Gasteiger partial charge is 0.126 e. The summed E-state index contributed by atoms with van der Waals surface area (Å²) in [6, 6.07) is 11.4. The van der Waals surface area contributed by atoms with Crippen LogP contribution in [-0.2, 0) is 0 Å². The summed E-state index contributed by atoms with van der Waals surface area (Å²) in [5.74, 6) is 2.25. The van der Waals surface area contributed by atoms with E-state index in [-0.39, 0.29) is 12.5 Å². The number of aliphatic hydroxyl groups is 1. The number of halogens is 1. The van der Waals surface area contributed by atoms with E-state index in [0.29, 0.717) is 23.7 Å². The van der Waals surface area contributed by atoms with E-state index in [0.717, 1.165) is 49.1 Å². The van der Waals surface area contributed by atoms with Gasteiger partial charge in [-0.25, -0.2) is 4.39 Å². The van der Waals surface area contributed by atoms with Crippen LogP contribution < -0.4 is 4.74 Å². The molecule has 0 saturated carbocycles. The summed E-state index contributed by atoms with van der Waals surface area (Å²) in [7, 11) is 1.61. The summed E-state index contributed by atoms with van der Waals surface area (Å²) in [5, 5.41) is 10.8. The third-order valence-electron chi connectivity index (χ3n) is 6.63. The van der Waals surface area contributed by atoms with Crippen LogP contribution in [0.2, 0.25) is 0 Å². The average Bonchev–Trinajstić information content (AvgIpc) is 2.87. The highest BCUT2D eigenvalue weighted by Crippen LogP contribution is 2.35. The van der Waals surface area contributed by atoms with E-state index < -0.39 is 6.17 Å². The molecule has 1 saturated heterocycles. The SMILES string of the molecule is COc1ccc2nccc([C@@H](F)CC[C@@H]3CCN(CCSc4cccnc4)C[C@@H]3CO)c2c1. The number of ether oxygens (including phenoxy) is 1. The molecule has 1 aliphatic rings. The second kappa shape index (κ2) is 11.8. The maximum absolute atomic E-state index is 15.3. The normalized spacial score (nSPS) is 20.1. The van der Waals surface area contributed by atoms with Crippen molar-refractivity contribution in [2.75, 3.05) is 39.1 Å². The van der Waals surface area contributed by atoms with Gasteiger partial charge in [0.2, 0.25) is 0 Å². The summed E-state index contributed by atoms with van der Waals surface area (Å²) < 4.78 is 20.7. The number of aliphatic hydroxyl groups excluding tert-OH is 1. The summed E-state index contributed by atoms with van der Waals surface area (Å²) in [6.07, 6.45) is 6.53. The molecule has 33 heavy (non-hydrogen) atoms. The Bertz CT molecular complexity index is 1020. The Labute approximate surface area is 199 Å². The molecule has 4 rings (SSSR count). The number of methoxy groups -OCH3 is 1. The third kappa shape index (κ3) is 6.22. The Balaban J connectivity index is 1.30. The van der Waals surface area contributed by atoms with Gasteiger partial charge in [-0.3, -0.25) is 9.97 Å². The van der Waals surface area contributed by atoms with Crippen molar-refractivity contribution in [1.82, 2.24) is 14.9 Å². The number of fused-ring (bicyclic) bond motifs is 1. The van der Waals surface area contributed by atoms with Gasteiger partial charge in [-0.2, -0.15) is 0 Å². The molecule has 176 valence electrons. The van der Waals surface area contributed by atoms with E-state index in [1.165, 1.54) is 4.90 Å². The van der Waals surface area contributed by atoms with Gasteiger partial charge in [-0.1, -0.05) is 0 Å². The first-order chi connectivity index (χ1) is 16.2. The molecule has 0 bridgehead atoms. The number of alkyl halides is 1. The summed E-state index contributed by atoms with van der Waals surface area (Å²) in [4.78, 5) is 12.1. The van der Waals surface area contributed by atoms with Crippen molar-refractivity contribution in [2.45, 2.75) is 30.3 Å². The van der Waals surface area contributed by atoms with Crippen molar-refractivity contribution in [3.63, 3.8) is 0 Å². The van der Waals surface area contributed by atoms with Gasteiger partial charge in [0.15, 0.2) is 0 Å². The van der Waals surface area contributed by atoms with Crippen molar-refractivity contribution < 1.29 is 14.2 Å². The van der Waals surface area contributed by atoms with Crippen LogP contribution in [0.1, 0.15) is 31.0 Å². The molecule has 0 unspecified atom stereocenters. The van der Waals surface area contributed by atoms with Gasteiger partial charge >= 0.3 is 0 Å². The fourth-order valence-corrected chi connectivity index (χ4v) is 5.63. The van der Waals surface area contributed by atoms with Crippen molar-refractivity contribution in [3.8, 4) is 5.75 Å². The molecule has 0 radical (unpaired) electrons. The van der Waals surface area contributed by atoms with E-state index in [1.54, 1.807) is 25.6 Å². The number of thioether (sulfide) groups is 1. The van der Waals surface area contributed by atoms with Gasteiger partial charge in [0.05, 0.1) is 12.6 Å². The van der Waals surface area contributed by atoms with Gasteiger partial charge in [-0.15, -0.1) is 11.8 Å². The minimum Gasteiger partial charge on any atom is -0.497 e. The average molecular weight is 470 g/mol. The first-order valence-electron chi connectivity index (χ1n) is 11.6. The summed E-state index contributed by atoms with van der Waals surface area (Å²) in [5.41, 5.74) is 1.45. The van der Waals surface area contributed by atoms with Gasteiger partial charge in [0.1, 0.15) is 11.9 Å². The predicted molar refractivity (Wildman–Crippen MR) is 131 cm³/mol. The predicted octanol–water partition coefficient (Wildman–Crippen LogP) is 5.15. The van der Waals surface area contributed by atoms with Crippen molar-refractivity contribution in [3.05, 3.63) is 60.6 Å². The fourth-order valence-electron chi connectivity index (χ4n) is 4.73. The zero-order valence-corrected chi connectivity index (χ0v) is 19.9. The maximum Gasteiger partial charge on any atom is 0.126 e. The van der Waals surface area contributed by atoms with Gasteiger partial charge in [0, 0.05) is 54.3 Å². The van der Waals surface area contributed by atoms with E-state index in [9.17, 15) is 5.11 Å². The second-order valence-electron chi connectivity index (χ2n) is 8.66. The summed E-state index contributed by atoms with van der Waals surface area (Å²) in [6.45, 7) is 3.02. The first kappa shape index (κ1) is 23.9. The quantitative estimate of drug-likeness (QED) is 0.414. The molecule has 0 aliphatic carbocycles. The molecule has 3 atom stereocenters. The van der Waals surface area contributed by atoms with Gasteiger partial charge in [-0.05, 0) is 79.6 Å². The number of piperidine rings is 1. The molecule has 2 aromatic heterocycles. The molecule has 5 nitrogen and oxygen atoms in total. The topological polar surface area (TPSA) is 58.5 Å². The number of aromatic nitrogens is 2. The lowest BCUT2D eigenvalue weighted by Crippen LogP contribution is -2.43. The third-order valence-corrected chi connectivity index (χ3v) is 7.59. The molecule has 1 aliphatic heterocycles. The minimum absolute atomic E-state index is 0.156. The number of hydrogen-bond acceptors (Lipinski definition) is 6. The molecule has 1 N–H and O–H groups in total. The molecule has 1 fully saturated rings. The van der Waals surface area contributed by atoms with Crippen molar-refractivity contribution >= 4 is 22.7 Å². The molecule has 3 heterocycles. The van der Waals surface area contributed by atoms with Crippen LogP contribution in [-0.4, -0.2) is 59.1 Å². The number of benzene rings is 1. The maximum atomic E-state index is 15.3. The Kier molecular flexibility index (Phi) is 8.53. The van der Waals surface area contributed by atoms with Crippen LogP contribution in [0.15, 0.2) is 59.9 Å². The largest absolute Gasteiger partial charge is 0.497 e. The lowest BCUT2D eigenvalue weighted by atomic mass is 9.81. The van der Waals surface area contributed by atoms with Crippen molar-refractivity contribution in [1.29, 1.82) is 0 Å². The van der Waals surface area contributed by atoms with Crippen LogP contribution >= 0.6 is 11.8 Å². The van der Waals surface area contributed by atoms with Crippen molar-refractivity contribution in [2.24, 2.45) is 11.8 Å². The molecule has 0 spiro atoms. The lowest BCUT2D eigenvalue weighted by molar-refractivity contribution is 0.0672. The van der Waals surface area contributed by atoms with E-state index in [4.69, 9.17) is 4.74 Å². The molecule has 0 amide bonds. The fraction of sp³-hybridized carbons (Fsp3) is 0.462. The zero-order chi connectivity index (χ0) is 23.0. The van der Waals surface area contributed by atoms with Gasteiger partial charge in [0.25, 0.3) is 0 Å². The highest BCUT2D eigenvalue weighted by Gasteiger charge is 2.29. The van der Waals surface area contributed by atoms with Gasteiger partial charge < -0.3 is 14.7 Å². The van der Waals surface area contributed by atoms with E-state index in [1.807, 2.05) is 42.2 Å². The number of hydrogen-bond donors (Lipinski definition) is 1. The van der Waals surface area contributed by atoms with E-state index >= 15 is 4.39 Å². The van der Waals surface area contributed by atoms with Crippen LogP contribution in [0, 0.1) is 11.8 Å². The number of rotatable bonds is 10. The van der Waals surface area contributed by atoms with Crippen LogP contribution in [0.25, 0.3) is 10.9 Å². The Morgan fingerprint density at radius 3 is 2.94 bits per heavy atom. The molecular weight excluding hydrogens is 437 g/mol. The van der Waals surface area contributed by atoms with Crippen LogP contribution in [0.4, 0.5) is 4.39 Å². The van der Waals surface area contributed by atoms with Crippen LogP contribution in [0.3, 0.4) is 0 Å². The summed E-state index contributed by atoms with van der Waals surface area (Å²) >= 11 is 1.81. The second-order valence-corrected chi connectivity index (χ2v) is 9.83. The molecule has 7 heteroatoms. The Morgan fingerprint density at radius 1 is 1.24 bits per heavy atom. The Hall–Kier alpha value is -2.22. The minimum atomic E-state index is -1.06. The molecule has 3 aromatic rings. The highest BCUT2D eigenvalue weighted by molar-refractivity contribution is 7.99. The molecular formula is C26H32FN3O2S. The highest BCUT2D eigenvalue weighted by atomic mass is 32.2. The first-order valence-corrected chi connectivity index (χ1v) is 12.6. The number of likely N-dealkylation sites (tertiary alicyclic amines) is 1. The number of nitrogens with zero attached hydrogens (tertiary/aromatic N) is 3. The number of pyridine rings is 2. The zero-order valence-electron chi connectivity index (χ0n) is 19.1. The standard InChI is InChI=1S/C26H32FN3O2S/c1-32-21-5-7-26-24(15-21)23(8-11-29-26)25(27)6-4-19-9-12-30(17-20(19)18-31)13-14-33-22-3-2-10-28-16-22/h2-3,5,7-8,10-11,15-16,19-20,25,31H,4,6,9,12-14,17-18H2,1H3/t19-,20-,25+/m1/s1. The van der Waals surface area contributed by atoms with E-state index in [2.05, 4.69) is 20.9 Å².